The summed E-state index contributed by atoms with van der Waals surface area (Å²) in [4.78, 5) is 1.09. The van der Waals surface area contributed by atoms with Gasteiger partial charge in [-0.25, -0.2) is 0 Å². The Hall–Kier alpha value is -0.220. The van der Waals surface area contributed by atoms with Crippen LogP contribution in [-0.4, -0.2) is 17.4 Å². The quantitative estimate of drug-likeness (QED) is 0.839. The summed E-state index contributed by atoms with van der Waals surface area (Å²) in [6, 6.07) is 5.66. The Morgan fingerprint density at radius 1 is 1.53 bits per heavy atom. The average Bonchev–Trinajstić information content (AvgIpc) is 2.17. The first-order chi connectivity index (χ1) is 7.15. The number of thioether (sulfide) groups is 1. The van der Waals surface area contributed by atoms with E-state index in [1.165, 1.54) is 0 Å². The highest BCUT2D eigenvalue weighted by Crippen LogP contribution is 2.42. The number of benzene rings is 1. The van der Waals surface area contributed by atoms with Gasteiger partial charge in [0.1, 0.15) is 0 Å². The van der Waals surface area contributed by atoms with E-state index in [2.05, 4.69) is 0 Å². The first-order valence-corrected chi connectivity index (χ1v) is 6.37. The van der Waals surface area contributed by atoms with E-state index in [4.69, 9.17) is 17.3 Å². The van der Waals surface area contributed by atoms with Crippen LogP contribution < -0.4 is 5.73 Å². The molecule has 0 aromatic heterocycles. The van der Waals surface area contributed by atoms with Crippen molar-refractivity contribution in [1.82, 2.24) is 0 Å². The fourth-order valence-corrected chi connectivity index (χ4v) is 3.48. The Balaban J connectivity index is 2.42. The Morgan fingerprint density at radius 2 is 2.33 bits per heavy atom. The summed E-state index contributed by atoms with van der Waals surface area (Å²) in [5.74, 6) is 0.920. The average molecular weight is 244 g/mol. The zero-order valence-electron chi connectivity index (χ0n) is 8.37. The lowest BCUT2D eigenvalue weighted by molar-refractivity contribution is 0.0227. The van der Waals surface area contributed by atoms with E-state index in [0.29, 0.717) is 13.0 Å². The maximum absolute atomic E-state index is 10.5. The van der Waals surface area contributed by atoms with Crippen molar-refractivity contribution in [2.24, 2.45) is 5.73 Å². The van der Waals surface area contributed by atoms with Crippen LogP contribution in [0.3, 0.4) is 0 Å². The van der Waals surface area contributed by atoms with Gasteiger partial charge < -0.3 is 10.8 Å². The molecule has 3 N–H and O–H groups in total. The molecule has 4 heteroatoms. The van der Waals surface area contributed by atoms with Gasteiger partial charge in [0.25, 0.3) is 0 Å². The van der Waals surface area contributed by atoms with E-state index in [-0.39, 0.29) is 0 Å². The van der Waals surface area contributed by atoms with Crippen molar-refractivity contribution in [2.75, 3.05) is 12.3 Å². The number of hydrogen-bond donors (Lipinski definition) is 2. The molecule has 1 aromatic rings. The molecule has 1 aliphatic heterocycles. The van der Waals surface area contributed by atoms with Crippen molar-refractivity contribution in [3.63, 3.8) is 0 Å². The van der Waals surface area contributed by atoms with Crippen LogP contribution >= 0.6 is 23.4 Å². The third kappa shape index (κ3) is 2.16. The number of nitrogens with two attached hydrogens (primary N) is 1. The first kappa shape index (κ1) is 11.3. The van der Waals surface area contributed by atoms with Gasteiger partial charge >= 0.3 is 0 Å². The van der Waals surface area contributed by atoms with Crippen molar-refractivity contribution in [3.05, 3.63) is 28.8 Å². The molecule has 1 aromatic carbocycles. The van der Waals surface area contributed by atoms with E-state index in [1.807, 2.05) is 18.2 Å². The van der Waals surface area contributed by atoms with Gasteiger partial charge in [-0.15, -0.1) is 11.8 Å². The topological polar surface area (TPSA) is 46.2 Å². The molecule has 1 heterocycles. The minimum atomic E-state index is -0.750. The largest absolute Gasteiger partial charge is 0.385 e. The van der Waals surface area contributed by atoms with E-state index in [0.717, 1.165) is 27.7 Å². The van der Waals surface area contributed by atoms with Crippen LogP contribution in [0.15, 0.2) is 23.1 Å². The molecule has 0 spiro atoms. The molecule has 0 radical (unpaired) electrons. The third-order valence-corrected chi connectivity index (χ3v) is 4.07. The predicted molar refractivity (Wildman–Crippen MR) is 64.4 cm³/mol. The highest BCUT2D eigenvalue weighted by atomic mass is 35.5. The summed E-state index contributed by atoms with van der Waals surface area (Å²) in [6.45, 7) is 0.503. The number of fused-ring (bicyclic) bond motifs is 1. The summed E-state index contributed by atoms with van der Waals surface area (Å²) in [7, 11) is 0. The number of halogens is 1. The van der Waals surface area contributed by atoms with E-state index >= 15 is 0 Å². The Morgan fingerprint density at radius 3 is 3.07 bits per heavy atom. The van der Waals surface area contributed by atoms with E-state index < -0.39 is 5.60 Å². The SMILES string of the molecule is NCCC1(O)CCSc2cc(Cl)ccc21. The molecule has 0 amide bonds. The monoisotopic (exact) mass is 243 g/mol. The maximum atomic E-state index is 10.5. The van der Waals surface area contributed by atoms with Crippen molar-refractivity contribution >= 4 is 23.4 Å². The Labute approximate surface area is 98.8 Å². The zero-order valence-corrected chi connectivity index (χ0v) is 9.94. The van der Waals surface area contributed by atoms with Gasteiger partial charge in [0, 0.05) is 15.7 Å². The lowest BCUT2D eigenvalue weighted by Crippen LogP contribution is -2.32. The molecule has 2 nitrogen and oxygen atoms in total. The zero-order chi connectivity index (χ0) is 10.9. The highest BCUT2D eigenvalue weighted by molar-refractivity contribution is 7.99. The smallest absolute Gasteiger partial charge is 0.0927 e. The van der Waals surface area contributed by atoms with E-state index in [1.54, 1.807) is 11.8 Å². The first-order valence-electron chi connectivity index (χ1n) is 5.01. The van der Waals surface area contributed by atoms with E-state index in [9.17, 15) is 5.11 Å². The van der Waals surface area contributed by atoms with Crippen LogP contribution in [0.25, 0.3) is 0 Å². The molecule has 82 valence electrons. The highest BCUT2D eigenvalue weighted by Gasteiger charge is 2.33. The van der Waals surface area contributed by atoms with Gasteiger partial charge in [0.05, 0.1) is 5.60 Å². The summed E-state index contributed by atoms with van der Waals surface area (Å²) >= 11 is 7.67. The fraction of sp³-hybridized carbons (Fsp3) is 0.455. The van der Waals surface area contributed by atoms with Gasteiger partial charge in [-0.2, -0.15) is 0 Å². The predicted octanol–water partition coefficient (Wildman–Crippen LogP) is 2.37. The molecule has 0 aliphatic carbocycles. The molecule has 0 saturated heterocycles. The molecule has 1 atom stereocenters. The van der Waals surface area contributed by atoms with Crippen LogP contribution in [0.1, 0.15) is 18.4 Å². The number of aliphatic hydroxyl groups is 1. The number of hydrogen-bond acceptors (Lipinski definition) is 3. The molecule has 1 unspecified atom stereocenters. The van der Waals surface area contributed by atoms with Crippen LogP contribution in [0.5, 0.6) is 0 Å². The van der Waals surface area contributed by atoms with Crippen molar-refractivity contribution in [2.45, 2.75) is 23.3 Å². The van der Waals surface area contributed by atoms with Crippen LogP contribution in [-0.2, 0) is 5.60 Å². The second kappa shape index (κ2) is 4.34. The molecular weight excluding hydrogens is 230 g/mol. The molecule has 0 saturated carbocycles. The van der Waals surface area contributed by atoms with Crippen LogP contribution in [0.2, 0.25) is 5.02 Å². The Kier molecular flexibility index (Phi) is 3.26. The molecule has 15 heavy (non-hydrogen) atoms. The van der Waals surface area contributed by atoms with Gasteiger partial charge in [-0.1, -0.05) is 17.7 Å². The number of rotatable bonds is 2. The van der Waals surface area contributed by atoms with Gasteiger partial charge in [0.2, 0.25) is 0 Å². The summed E-state index contributed by atoms with van der Waals surface area (Å²) in [5.41, 5.74) is 5.77. The molecular formula is C11H14ClNOS. The summed E-state index contributed by atoms with van der Waals surface area (Å²) < 4.78 is 0. The van der Waals surface area contributed by atoms with Gasteiger partial charge in [-0.05, 0) is 37.1 Å². The standard InChI is InChI=1S/C11H14ClNOS/c12-8-1-2-9-10(7-8)15-6-4-11(9,14)3-5-13/h1-2,7,14H,3-6,13H2. The third-order valence-electron chi connectivity index (χ3n) is 2.78. The van der Waals surface area contributed by atoms with Gasteiger partial charge in [-0.3, -0.25) is 0 Å². The molecule has 0 fully saturated rings. The molecule has 1 aliphatic rings. The van der Waals surface area contributed by atoms with Crippen molar-refractivity contribution in [1.29, 1.82) is 0 Å². The lowest BCUT2D eigenvalue weighted by Gasteiger charge is -2.33. The fourth-order valence-electron chi connectivity index (χ4n) is 1.96. The Bertz CT molecular complexity index is 372. The summed E-state index contributed by atoms with van der Waals surface area (Å²) in [5, 5.41) is 11.2. The lowest BCUT2D eigenvalue weighted by atomic mass is 9.87. The second-order valence-corrected chi connectivity index (χ2v) is 5.38. The van der Waals surface area contributed by atoms with Crippen LogP contribution in [0, 0.1) is 0 Å². The summed E-state index contributed by atoms with van der Waals surface area (Å²) in [6.07, 6.45) is 1.38. The van der Waals surface area contributed by atoms with Crippen molar-refractivity contribution < 1.29 is 5.11 Å². The minimum Gasteiger partial charge on any atom is -0.385 e. The normalized spacial score (nSPS) is 25.0. The van der Waals surface area contributed by atoms with Gasteiger partial charge in [0.15, 0.2) is 0 Å². The molecule has 2 rings (SSSR count). The van der Waals surface area contributed by atoms with Crippen molar-refractivity contribution in [3.8, 4) is 0 Å². The second-order valence-electron chi connectivity index (χ2n) is 3.81. The maximum Gasteiger partial charge on any atom is 0.0927 e. The minimum absolute atomic E-state index is 0.503. The van der Waals surface area contributed by atoms with Crippen LogP contribution in [0.4, 0.5) is 0 Å². The molecule has 0 bridgehead atoms.